The van der Waals surface area contributed by atoms with E-state index in [0.717, 1.165) is 11.3 Å². The van der Waals surface area contributed by atoms with Crippen LogP contribution in [0.15, 0.2) is 36.5 Å². The minimum atomic E-state index is -3.16. The zero-order chi connectivity index (χ0) is 17.9. The first-order valence-electron chi connectivity index (χ1n) is 8.04. The van der Waals surface area contributed by atoms with Gasteiger partial charge in [-0.05, 0) is 31.0 Å². The predicted molar refractivity (Wildman–Crippen MR) is 95.6 cm³/mol. The van der Waals surface area contributed by atoms with Crippen LogP contribution in [0.25, 0.3) is 11.3 Å². The molecule has 1 saturated heterocycles. The molecule has 9 heteroatoms. The first kappa shape index (κ1) is 17.4. The molecule has 134 valence electrons. The molecule has 2 heterocycles. The summed E-state index contributed by atoms with van der Waals surface area (Å²) >= 11 is 0. The Morgan fingerprint density at radius 1 is 1.28 bits per heavy atom. The topological polar surface area (TPSA) is 107 Å². The van der Waals surface area contributed by atoms with Gasteiger partial charge in [0.05, 0.1) is 11.9 Å². The molecule has 1 fully saturated rings. The molecule has 2 amide bonds. The van der Waals surface area contributed by atoms with Crippen LogP contribution >= 0.6 is 0 Å². The molecule has 1 aromatic carbocycles. The summed E-state index contributed by atoms with van der Waals surface area (Å²) in [4.78, 5) is 12.2. The summed E-state index contributed by atoms with van der Waals surface area (Å²) in [6.07, 6.45) is 4.09. The van der Waals surface area contributed by atoms with Crippen LogP contribution in [0.4, 0.5) is 10.5 Å². The molecule has 0 spiro atoms. The number of sulfonamides is 1. The molecule has 1 aliphatic heterocycles. The van der Waals surface area contributed by atoms with E-state index in [0.29, 0.717) is 31.6 Å². The maximum Gasteiger partial charge on any atom is 0.319 e. The van der Waals surface area contributed by atoms with E-state index in [1.54, 1.807) is 6.20 Å². The fraction of sp³-hybridized carbons (Fsp3) is 0.375. The van der Waals surface area contributed by atoms with Gasteiger partial charge in [-0.25, -0.2) is 17.5 Å². The number of aromatic nitrogens is 2. The van der Waals surface area contributed by atoms with Gasteiger partial charge in [0, 0.05) is 36.6 Å². The fourth-order valence-electron chi connectivity index (χ4n) is 2.87. The normalized spacial score (nSPS) is 16.5. The van der Waals surface area contributed by atoms with Crippen LogP contribution in [0.3, 0.4) is 0 Å². The summed E-state index contributed by atoms with van der Waals surface area (Å²) in [6, 6.07) is 8.99. The Labute approximate surface area is 146 Å². The summed E-state index contributed by atoms with van der Waals surface area (Å²) in [6.45, 7) is 0.859. The summed E-state index contributed by atoms with van der Waals surface area (Å²) < 4.78 is 24.5. The Hall–Kier alpha value is -2.39. The Balaban J connectivity index is 1.54. The van der Waals surface area contributed by atoms with Gasteiger partial charge in [0.2, 0.25) is 10.0 Å². The number of hydrogen-bond acceptors (Lipinski definition) is 4. The zero-order valence-electron chi connectivity index (χ0n) is 13.9. The van der Waals surface area contributed by atoms with Crippen molar-refractivity contribution in [3.63, 3.8) is 0 Å². The van der Waals surface area contributed by atoms with E-state index in [1.165, 1.54) is 10.6 Å². The molecule has 3 N–H and O–H groups in total. The van der Waals surface area contributed by atoms with Crippen LogP contribution in [0.5, 0.6) is 0 Å². The second-order valence-corrected chi connectivity index (χ2v) is 8.07. The molecule has 1 aliphatic rings. The predicted octanol–water partition coefficient (Wildman–Crippen LogP) is 1.62. The molecular weight excluding hydrogens is 342 g/mol. The van der Waals surface area contributed by atoms with Crippen molar-refractivity contribution in [3.05, 3.63) is 36.5 Å². The van der Waals surface area contributed by atoms with Crippen molar-refractivity contribution in [3.8, 4) is 11.3 Å². The third-order valence-corrected chi connectivity index (χ3v) is 5.49. The van der Waals surface area contributed by atoms with E-state index in [1.807, 2.05) is 30.3 Å². The van der Waals surface area contributed by atoms with Gasteiger partial charge < -0.3 is 10.6 Å². The SMILES string of the molecule is CS(=O)(=O)N1CCC(NC(=O)Nc2cccc(-c3ccn[nH]3)c2)CC1. The van der Waals surface area contributed by atoms with E-state index in [4.69, 9.17) is 0 Å². The molecule has 2 aromatic rings. The fourth-order valence-corrected chi connectivity index (χ4v) is 3.74. The van der Waals surface area contributed by atoms with Gasteiger partial charge in [-0.2, -0.15) is 5.10 Å². The first-order chi connectivity index (χ1) is 11.9. The molecule has 0 unspecified atom stereocenters. The van der Waals surface area contributed by atoms with Crippen LogP contribution in [0, 0.1) is 0 Å². The van der Waals surface area contributed by atoms with Crippen LogP contribution in [-0.2, 0) is 10.0 Å². The van der Waals surface area contributed by atoms with E-state index in [2.05, 4.69) is 20.8 Å². The van der Waals surface area contributed by atoms with Crippen molar-refractivity contribution < 1.29 is 13.2 Å². The van der Waals surface area contributed by atoms with Gasteiger partial charge in [0.1, 0.15) is 0 Å². The number of hydrogen-bond donors (Lipinski definition) is 3. The number of nitrogens with one attached hydrogen (secondary N) is 3. The number of H-pyrrole nitrogens is 1. The van der Waals surface area contributed by atoms with Crippen molar-refractivity contribution in [1.29, 1.82) is 0 Å². The van der Waals surface area contributed by atoms with Crippen molar-refractivity contribution in [1.82, 2.24) is 19.8 Å². The first-order valence-corrected chi connectivity index (χ1v) is 9.89. The number of nitrogens with zero attached hydrogens (tertiary/aromatic N) is 2. The van der Waals surface area contributed by atoms with Gasteiger partial charge >= 0.3 is 6.03 Å². The third-order valence-electron chi connectivity index (χ3n) is 4.19. The largest absolute Gasteiger partial charge is 0.335 e. The molecule has 0 saturated carbocycles. The number of benzene rings is 1. The summed E-state index contributed by atoms with van der Waals surface area (Å²) in [5, 5.41) is 12.5. The molecule has 1 aromatic heterocycles. The number of rotatable bonds is 4. The lowest BCUT2D eigenvalue weighted by Crippen LogP contribution is -2.47. The minimum absolute atomic E-state index is 0.0335. The summed E-state index contributed by atoms with van der Waals surface area (Å²) in [7, 11) is -3.16. The lowest BCUT2D eigenvalue weighted by Gasteiger charge is -2.30. The highest BCUT2D eigenvalue weighted by Gasteiger charge is 2.25. The number of anilines is 1. The van der Waals surface area contributed by atoms with Crippen molar-refractivity contribution >= 4 is 21.7 Å². The van der Waals surface area contributed by atoms with Crippen LogP contribution in [-0.4, -0.2) is 54.3 Å². The smallest absolute Gasteiger partial charge is 0.319 e. The second-order valence-electron chi connectivity index (χ2n) is 6.09. The molecule has 25 heavy (non-hydrogen) atoms. The Kier molecular flexibility index (Phi) is 5.05. The highest BCUT2D eigenvalue weighted by atomic mass is 32.2. The van der Waals surface area contributed by atoms with Gasteiger partial charge in [0.15, 0.2) is 0 Å². The Morgan fingerprint density at radius 3 is 2.68 bits per heavy atom. The van der Waals surface area contributed by atoms with Crippen molar-refractivity contribution in [2.75, 3.05) is 24.7 Å². The van der Waals surface area contributed by atoms with E-state index in [9.17, 15) is 13.2 Å². The molecule has 0 radical (unpaired) electrons. The molecule has 8 nitrogen and oxygen atoms in total. The quantitative estimate of drug-likeness (QED) is 0.767. The number of piperidine rings is 1. The van der Waals surface area contributed by atoms with Crippen LogP contribution < -0.4 is 10.6 Å². The van der Waals surface area contributed by atoms with Gasteiger partial charge in [-0.1, -0.05) is 12.1 Å². The highest BCUT2D eigenvalue weighted by molar-refractivity contribution is 7.88. The zero-order valence-corrected chi connectivity index (χ0v) is 14.7. The van der Waals surface area contributed by atoms with E-state index in [-0.39, 0.29) is 12.1 Å². The molecular formula is C16H21N5O3S. The van der Waals surface area contributed by atoms with Gasteiger partial charge in [0.25, 0.3) is 0 Å². The average molecular weight is 363 g/mol. The monoisotopic (exact) mass is 363 g/mol. The number of carbonyl (C=O) groups excluding carboxylic acids is 1. The maximum absolute atomic E-state index is 12.2. The van der Waals surface area contributed by atoms with Crippen molar-refractivity contribution in [2.24, 2.45) is 0 Å². The average Bonchev–Trinajstić information content (AvgIpc) is 3.09. The molecule has 3 rings (SSSR count). The standard InChI is InChI=1S/C16H21N5O3S/c1-25(23,24)21-9-6-13(7-10-21)18-16(22)19-14-4-2-3-12(11-14)15-5-8-17-20-15/h2-5,8,11,13H,6-7,9-10H2,1H3,(H,17,20)(H2,18,19,22). The third kappa shape index (κ3) is 4.58. The highest BCUT2D eigenvalue weighted by Crippen LogP contribution is 2.20. The van der Waals surface area contributed by atoms with Gasteiger partial charge in [-0.3, -0.25) is 5.10 Å². The Morgan fingerprint density at radius 2 is 2.04 bits per heavy atom. The minimum Gasteiger partial charge on any atom is -0.335 e. The second kappa shape index (κ2) is 7.24. The van der Waals surface area contributed by atoms with Gasteiger partial charge in [-0.15, -0.1) is 0 Å². The van der Waals surface area contributed by atoms with Crippen LogP contribution in [0.2, 0.25) is 0 Å². The Bertz CT molecular complexity index is 827. The lowest BCUT2D eigenvalue weighted by atomic mass is 10.1. The lowest BCUT2D eigenvalue weighted by molar-refractivity contribution is 0.238. The summed E-state index contributed by atoms with van der Waals surface area (Å²) in [5.74, 6) is 0. The number of carbonyl (C=O) groups is 1. The van der Waals surface area contributed by atoms with Crippen LogP contribution in [0.1, 0.15) is 12.8 Å². The molecule has 0 atom stereocenters. The number of amides is 2. The van der Waals surface area contributed by atoms with E-state index < -0.39 is 10.0 Å². The van der Waals surface area contributed by atoms with Crippen molar-refractivity contribution in [2.45, 2.75) is 18.9 Å². The molecule has 0 bridgehead atoms. The molecule has 0 aliphatic carbocycles. The number of urea groups is 1. The maximum atomic E-state index is 12.2. The number of aromatic amines is 1. The summed E-state index contributed by atoms with van der Waals surface area (Å²) in [5.41, 5.74) is 2.48. The van der Waals surface area contributed by atoms with E-state index >= 15 is 0 Å².